The van der Waals surface area contributed by atoms with E-state index in [4.69, 9.17) is 0 Å². The van der Waals surface area contributed by atoms with Gasteiger partial charge in [0.15, 0.2) is 17.5 Å². The van der Waals surface area contributed by atoms with E-state index in [1.807, 2.05) is 7.05 Å². The molecule has 1 aliphatic heterocycles. The first kappa shape index (κ1) is 16.8. The molecule has 20 heavy (non-hydrogen) atoms. The summed E-state index contributed by atoms with van der Waals surface area (Å²) in [7, 11) is 1.84. The predicted molar refractivity (Wildman–Crippen MR) is 71.5 cm³/mol. The molecule has 0 aromatic heterocycles. The van der Waals surface area contributed by atoms with Crippen LogP contribution >= 0.6 is 12.4 Å². The maximum Gasteiger partial charge on any atom is 0.256 e. The van der Waals surface area contributed by atoms with Gasteiger partial charge in [0.1, 0.15) is 0 Å². The van der Waals surface area contributed by atoms with Crippen LogP contribution in [0, 0.1) is 17.5 Å². The fraction of sp³-hybridized carbons (Fsp3) is 0.462. The number of rotatable bonds is 2. The average molecular weight is 309 g/mol. The highest BCUT2D eigenvalue weighted by atomic mass is 35.5. The summed E-state index contributed by atoms with van der Waals surface area (Å²) < 4.78 is 39.5. The highest BCUT2D eigenvalue weighted by Gasteiger charge is 2.26. The summed E-state index contributed by atoms with van der Waals surface area (Å²) in [5.74, 6) is -4.90. The van der Waals surface area contributed by atoms with Gasteiger partial charge < -0.3 is 10.2 Å². The van der Waals surface area contributed by atoms with Crippen LogP contribution in [0.15, 0.2) is 12.1 Å². The van der Waals surface area contributed by atoms with E-state index in [0.717, 1.165) is 25.0 Å². The SMILES string of the molecule is CNC1CCN(C(=O)c2ccc(F)c(F)c2F)CC1.Cl. The van der Waals surface area contributed by atoms with E-state index in [1.165, 1.54) is 4.90 Å². The monoisotopic (exact) mass is 308 g/mol. The van der Waals surface area contributed by atoms with Crippen molar-refractivity contribution in [2.45, 2.75) is 18.9 Å². The molecule has 1 aliphatic rings. The van der Waals surface area contributed by atoms with Crippen LogP contribution in [0.3, 0.4) is 0 Å². The van der Waals surface area contributed by atoms with Gasteiger partial charge in [0.25, 0.3) is 5.91 Å². The summed E-state index contributed by atoms with van der Waals surface area (Å²) in [6, 6.07) is 2.09. The summed E-state index contributed by atoms with van der Waals surface area (Å²) in [4.78, 5) is 13.5. The second-order valence-corrected chi connectivity index (χ2v) is 4.58. The lowest BCUT2D eigenvalue weighted by atomic mass is 10.0. The highest BCUT2D eigenvalue weighted by molar-refractivity contribution is 5.94. The van der Waals surface area contributed by atoms with E-state index < -0.39 is 28.9 Å². The molecule has 0 atom stereocenters. The molecular formula is C13H16ClF3N2O. The summed E-state index contributed by atoms with van der Waals surface area (Å²) >= 11 is 0. The van der Waals surface area contributed by atoms with Crippen molar-refractivity contribution in [1.82, 2.24) is 10.2 Å². The zero-order valence-corrected chi connectivity index (χ0v) is 11.8. The highest BCUT2D eigenvalue weighted by Crippen LogP contribution is 2.19. The van der Waals surface area contributed by atoms with Gasteiger partial charge in [-0.25, -0.2) is 13.2 Å². The molecule has 3 nitrogen and oxygen atoms in total. The number of carbonyl (C=O) groups excluding carboxylic acids is 1. The summed E-state index contributed by atoms with van der Waals surface area (Å²) in [5, 5.41) is 3.11. The first-order valence-electron chi connectivity index (χ1n) is 6.14. The third-order valence-electron chi connectivity index (χ3n) is 3.46. The summed E-state index contributed by atoms with van der Waals surface area (Å²) in [6.07, 6.45) is 1.51. The molecule has 0 spiro atoms. The van der Waals surface area contributed by atoms with Crippen molar-refractivity contribution in [2.75, 3.05) is 20.1 Å². The zero-order chi connectivity index (χ0) is 14.0. The normalized spacial score (nSPS) is 15.9. The van der Waals surface area contributed by atoms with E-state index in [0.29, 0.717) is 19.1 Å². The van der Waals surface area contributed by atoms with Gasteiger partial charge in [-0.1, -0.05) is 0 Å². The van der Waals surface area contributed by atoms with Gasteiger partial charge in [-0.15, -0.1) is 12.4 Å². The maximum absolute atomic E-state index is 13.5. The van der Waals surface area contributed by atoms with Gasteiger partial charge in [0.05, 0.1) is 5.56 Å². The van der Waals surface area contributed by atoms with Crippen LogP contribution in [0.2, 0.25) is 0 Å². The third kappa shape index (κ3) is 3.24. The van der Waals surface area contributed by atoms with Gasteiger partial charge in [0, 0.05) is 19.1 Å². The zero-order valence-electron chi connectivity index (χ0n) is 11.0. The quantitative estimate of drug-likeness (QED) is 0.851. The molecule has 112 valence electrons. The van der Waals surface area contributed by atoms with Crippen LogP contribution in [-0.2, 0) is 0 Å². The Labute approximate surface area is 121 Å². The summed E-state index contributed by atoms with van der Waals surface area (Å²) in [6.45, 7) is 0.950. The Morgan fingerprint density at radius 2 is 1.80 bits per heavy atom. The molecule has 1 heterocycles. The molecule has 1 aromatic carbocycles. The van der Waals surface area contributed by atoms with E-state index in [2.05, 4.69) is 5.32 Å². The van der Waals surface area contributed by atoms with Gasteiger partial charge in [-0.3, -0.25) is 4.79 Å². The van der Waals surface area contributed by atoms with Crippen LogP contribution < -0.4 is 5.32 Å². The van der Waals surface area contributed by atoms with Crippen LogP contribution in [-0.4, -0.2) is 37.0 Å². The average Bonchev–Trinajstić information content (AvgIpc) is 2.44. The molecule has 1 amide bonds. The molecule has 2 rings (SSSR count). The van der Waals surface area contributed by atoms with Gasteiger partial charge >= 0.3 is 0 Å². The van der Waals surface area contributed by atoms with Crippen molar-refractivity contribution in [3.05, 3.63) is 35.1 Å². The van der Waals surface area contributed by atoms with Gasteiger partial charge in [0.2, 0.25) is 0 Å². The van der Waals surface area contributed by atoms with Crippen LogP contribution in [0.5, 0.6) is 0 Å². The first-order chi connectivity index (χ1) is 9.04. The Hall–Kier alpha value is -1.27. The number of benzene rings is 1. The van der Waals surface area contributed by atoms with Crippen molar-refractivity contribution in [1.29, 1.82) is 0 Å². The maximum atomic E-state index is 13.5. The van der Waals surface area contributed by atoms with Crippen molar-refractivity contribution >= 4 is 18.3 Å². The molecule has 1 aromatic rings. The lowest BCUT2D eigenvalue weighted by molar-refractivity contribution is 0.0701. The number of hydrogen-bond donors (Lipinski definition) is 1. The van der Waals surface area contributed by atoms with Crippen molar-refractivity contribution in [3.63, 3.8) is 0 Å². The topological polar surface area (TPSA) is 32.3 Å². The molecule has 0 saturated carbocycles. The predicted octanol–water partition coefficient (Wildman–Crippen LogP) is 2.35. The van der Waals surface area contributed by atoms with Crippen molar-refractivity contribution in [2.24, 2.45) is 0 Å². The van der Waals surface area contributed by atoms with Crippen LogP contribution in [0.4, 0.5) is 13.2 Å². The van der Waals surface area contributed by atoms with Crippen LogP contribution in [0.1, 0.15) is 23.2 Å². The lowest BCUT2D eigenvalue weighted by Crippen LogP contribution is -2.44. The molecule has 1 saturated heterocycles. The number of nitrogens with zero attached hydrogens (tertiary/aromatic N) is 1. The van der Waals surface area contributed by atoms with Crippen molar-refractivity contribution in [3.8, 4) is 0 Å². The smallest absolute Gasteiger partial charge is 0.256 e. The Kier molecular flexibility index (Phi) is 5.83. The Morgan fingerprint density at radius 3 is 2.35 bits per heavy atom. The number of hydrogen-bond acceptors (Lipinski definition) is 2. The second kappa shape index (κ2) is 6.95. The molecule has 1 N–H and O–H groups in total. The fourth-order valence-corrected chi connectivity index (χ4v) is 2.23. The standard InChI is InChI=1S/C13H15F3N2O.ClH/c1-17-8-4-6-18(7-5-8)13(19)9-2-3-10(14)12(16)11(9)15;/h2-3,8,17H,4-7H2,1H3;1H. The van der Waals surface area contributed by atoms with E-state index in [9.17, 15) is 18.0 Å². The van der Waals surface area contributed by atoms with E-state index in [1.54, 1.807) is 0 Å². The number of likely N-dealkylation sites (tertiary alicyclic amines) is 1. The van der Waals surface area contributed by atoms with Crippen LogP contribution in [0.25, 0.3) is 0 Å². The molecule has 1 fully saturated rings. The fourth-order valence-electron chi connectivity index (χ4n) is 2.23. The minimum atomic E-state index is -1.60. The van der Waals surface area contributed by atoms with E-state index >= 15 is 0 Å². The largest absolute Gasteiger partial charge is 0.338 e. The Bertz CT molecular complexity index is 491. The molecule has 0 aliphatic carbocycles. The first-order valence-corrected chi connectivity index (χ1v) is 6.14. The molecule has 7 heteroatoms. The number of amides is 1. The second-order valence-electron chi connectivity index (χ2n) is 4.58. The molecule has 0 unspecified atom stereocenters. The number of nitrogens with one attached hydrogen (secondary N) is 1. The van der Waals surface area contributed by atoms with E-state index in [-0.39, 0.29) is 12.4 Å². The summed E-state index contributed by atoms with van der Waals surface area (Å²) in [5.41, 5.74) is -0.415. The third-order valence-corrected chi connectivity index (χ3v) is 3.46. The lowest BCUT2D eigenvalue weighted by Gasteiger charge is -2.31. The minimum absolute atomic E-state index is 0. The number of carbonyl (C=O) groups is 1. The molecular weight excluding hydrogens is 293 g/mol. The minimum Gasteiger partial charge on any atom is -0.338 e. The Balaban J connectivity index is 0.00000200. The molecule has 0 bridgehead atoms. The number of halogens is 4. The van der Waals surface area contributed by atoms with Crippen molar-refractivity contribution < 1.29 is 18.0 Å². The van der Waals surface area contributed by atoms with Gasteiger partial charge in [-0.05, 0) is 32.0 Å². The molecule has 0 radical (unpaired) electrons. The Morgan fingerprint density at radius 1 is 1.20 bits per heavy atom. The van der Waals surface area contributed by atoms with Gasteiger partial charge in [-0.2, -0.15) is 0 Å². The number of piperidine rings is 1.